The molecule has 0 aliphatic carbocycles. The molecule has 2 rings (SSSR count). The summed E-state index contributed by atoms with van der Waals surface area (Å²) < 4.78 is 4.93. The number of hydrogen-bond acceptors (Lipinski definition) is 6. The maximum Gasteiger partial charge on any atom is 0.433 e. The highest BCUT2D eigenvalue weighted by Crippen LogP contribution is 2.17. The van der Waals surface area contributed by atoms with Crippen LogP contribution in [0.1, 0.15) is 11.5 Å². The molecule has 0 aromatic carbocycles. The second-order valence-electron chi connectivity index (χ2n) is 3.15. The first-order valence-electron chi connectivity index (χ1n) is 4.66. The van der Waals surface area contributed by atoms with Crippen molar-refractivity contribution in [3.05, 3.63) is 45.8 Å². The van der Waals surface area contributed by atoms with Crippen LogP contribution < -0.4 is 5.73 Å². The number of rotatable bonds is 3. The Kier molecular flexibility index (Phi) is 2.82. The van der Waals surface area contributed by atoms with Gasteiger partial charge in [0.05, 0.1) is 11.8 Å². The number of hydrogen-bond donors (Lipinski definition) is 1. The Hall–Kier alpha value is -2.70. The van der Waals surface area contributed by atoms with E-state index in [9.17, 15) is 10.1 Å². The van der Waals surface area contributed by atoms with Crippen LogP contribution in [0.25, 0.3) is 12.2 Å². The summed E-state index contributed by atoms with van der Waals surface area (Å²) in [5.41, 5.74) is 5.96. The van der Waals surface area contributed by atoms with Gasteiger partial charge in [0.2, 0.25) is 0 Å². The third-order valence-electron chi connectivity index (χ3n) is 1.92. The average Bonchev–Trinajstić information content (AvgIpc) is 2.77. The molecule has 0 radical (unpaired) electrons. The first-order chi connectivity index (χ1) is 8.15. The van der Waals surface area contributed by atoms with Crippen molar-refractivity contribution >= 4 is 23.9 Å². The van der Waals surface area contributed by atoms with Crippen LogP contribution in [0, 0.1) is 10.1 Å². The van der Waals surface area contributed by atoms with Gasteiger partial charge in [-0.1, -0.05) is 0 Å². The van der Waals surface area contributed by atoms with Crippen LogP contribution >= 0.6 is 0 Å². The summed E-state index contributed by atoms with van der Waals surface area (Å²) in [6, 6.07) is 6.07. The molecule has 2 N–H and O–H groups in total. The molecule has 7 nitrogen and oxygen atoms in total. The molecule has 86 valence electrons. The van der Waals surface area contributed by atoms with Gasteiger partial charge in [-0.25, -0.2) is 0 Å². The maximum absolute atomic E-state index is 10.4. The Balaban J connectivity index is 2.14. The quantitative estimate of drug-likeness (QED) is 0.637. The van der Waals surface area contributed by atoms with Gasteiger partial charge in [-0.05, 0) is 30.4 Å². The van der Waals surface area contributed by atoms with Gasteiger partial charge < -0.3 is 10.2 Å². The summed E-state index contributed by atoms with van der Waals surface area (Å²) >= 11 is 0. The highest BCUT2D eigenvalue weighted by atomic mass is 16.6. The summed E-state index contributed by atoms with van der Waals surface area (Å²) in [7, 11) is 0. The number of furan rings is 1. The number of nitro groups is 1. The number of anilines is 1. The van der Waals surface area contributed by atoms with E-state index in [-0.39, 0.29) is 5.88 Å². The molecule has 2 heterocycles. The zero-order valence-electron chi connectivity index (χ0n) is 8.61. The molecule has 0 bridgehead atoms. The largest absolute Gasteiger partial charge is 0.433 e. The van der Waals surface area contributed by atoms with Gasteiger partial charge in [-0.15, -0.1) is 10.2 Å². The van der Waals surface area contributed by atoms with Gasteiger partial charge in [-0.3, -0.25) is 10.1 Å². The van der Waals surface area contributed by atoms with Crippen molar-refractivity contribution in [1.82, 2.24) is 10.2 Å². The lowest BCUT2D eigenvalue weighted by Gasteiger charge is -1.91. The first-order valence-corrected chi connectivity index (χ1v) is 4.66. The van der Waals surface area contributed by atoms with Crippen molar-refractivity contribution in [3.8, 4) is 0 Å². The molecule has 0 fully saturated rings. The van der Waals surface area contributed by atoms with Crippen molar-refractivity contribution in [2.45, 2.75) is 0 Å². The number of nitrogens with two attached hydrogens (primary N) is 1. The van der Waals surface area contributed by atoms with E-state index < -0.39 is 4.92 Å². The molecule has 2 aromatic rings. The van der Waals surface area contributed by atoms with Crippen LogP contribution in [-0.4, -0.2) is 15.1 Å². The normalized spacial score (nSPS) is 10.8. The van der Waals surface area contributed by atoms with Crippen molar-refractivity contribution in [1.29, 1.82) is 0 Å². The predicted molar refractivity (Wildman–Crippen MR) is 60.7 cm³/mol. The Morgan fingerprint density at radius 1 is 1.24 bits per heavy atom. The van der Waals surface area contributed by atoms with Crippen LogP contribution in [0.5, 0.6) is 0 Å². The average molecular weight is 232 g/mol. The lowest BCUT2D eigenvalue weighted by molar-refractivity contribution is -0.402. The summed E-state index contributed by atoms with van der Waals surface area (Å²) in [4.78, 5) is 9.78. The highest BCUT2D eigenvalue weighted by molar-refractivity contribution is 5.65. The van der Waals surface area contributed by atoms with Crippen molar-refractivity contribution in [2.24, 2.45) is 0 Å². The van der Waals surface area contributed by atoms with Crippen molar-refractivity contribution < 1.29 is 9.34 Å². The third kappa shape index (κ3) is 2.65. The summed E-state index contributed by atoms with van der Waals surface area (Å²) in [5.74, 6) is 0.402. The lowest BCUT2D eigenvalue weighted by Crippen LogP contribution is -1.92. The lowest BCUT2D eigenvalue weighted by atomic mass is 10.3. The fourth-order valence-electron chi connectivity index (χ4n) is 1.14. The molecule has 0 amide bonds. The molecule has 0 atom stereocenters. The van der Waals surface area contributed by atoms with Crippen molar-refractivity contribution in [3.63, 3.8) is 0 Å². The Labute approximate surface area is 95.7 Å². The Morgan fingerprint density at radius 2 is 2.06 bits per heavy atom. The molecule has 2 aromatic heterocycles. The van der Waals surface area contributed by atoms with Crippen LogP contribution in [0.3, 0.4) is 0 Å². The van der Waals surface area contributed by atoms with Crippen LogP contribution in [0.15, 0.2) is 28.7 Å². The maximum atomic E-state index is 10.4. The molecule has 17 heavy (non-hydrogen) atoms. The fourth-order valence-corrected chi connectivity index (χ4v) is 1.14. The number of nitrogens with zero attached hydrogens (tertiary/aromatic N) is 3. The molecular formula is C10H8N4O3. The topological polar surface area (TPSA) is 108 Å². The van der Waals surface area contributed by atoms with Gasteiger partial charge in [-0.2, -0.15) is 0 Å². The van der Waals surface area contributed by atoms with Crippen LogP contribution in [0.4, 0.5) is 11.7 Å². The summed E-state index contributed by atoms with van der Waals surface area (Å²) in [5, 5.41) is 17.8. The molecule has 0 saturated carbocycles. The van der Waals surface area contributed by atoms with E-state index in [1.165, 1.54) is 12.1 Å². The second kappa shape index (κ2) is 4.44. The van der Waals surface area contributed by atoms with Crippen molar-refractivity contribution in [2.75, 3.05) is 5.73 Å². The predicted octanol–water partition coefficient (Wildman–Crippen LogP) is 1.73. The molecule has 0 aliphatic rings. The van der Waals surface area contributed by atoms with Gasteiger partial charge in [0.1, 0.15) is 16.5 Å². The SMILES string of the molecule is Nc1ccc(/C=C/c2ccc([N+](=O)[O-])o2)nn1. The smallest absolute Gasteiger partial charge is 0.401 e. The molecular weight excluding hydrogens is 224 g/mol. The van der Waals surface area contributed by atoms with Gasteiger partial charge in [0.15, 0.2) is 0 Å². The zero-order chi connectivity index (χ0) is 12.3. The van der Waals surface area contributed by atoms with Crippen LogP contribution in [0.2, 0.25) is 0 Å². The number of nitrogen functional groups attached to an aromatic ring is 1. The molecule has 0 spiro atoms. The minimum atomic E-state index is -0.597. The molecule has 0 aliphatic heterocycles. The van der Waals surface area contributed by atoms with E-state index in [0.717, 1.165) is 0 Å². The molecule has 0 unspecified atom stereocenters. The minimum absolute atomic E-state index is 0.298. The van der Waals surface area contributed by atoms with E-state index >= 15 is 0 Å². The summed E-state index contributed by atoms with van der Waals surface area (Å²) in [6.07, 6.45) is 3.18. The first kappa shape index (κ1) is 10.8. The minimum Gasteiger partial charge on any atom is -0.401 e. The Bertz CT molecular complexity index is 559. The van der Waals surface area contributed by atoms with E-state index in [1.54, 1.807) is 24.3 Å². The number of aromatic nitrogens is 2. The highest BCUT2D eigenvalue weighted by Gasteiger charge is 2.09. The van der Waals surface area contributed by atoms with E-state index in [0.29, 0.717) is 17.3 Å². The van der Waals surface area contributed by atoms with Crippen LogP contribution in [-0.2, 0) is 0 Å². The van der Waals surface area contributed by atoms with Gasteiger partial charge in [0.25, 0.3) is 0 Å². The van der Waals surface area contributed by atoms with E-state index in [4.69, 9.17) is 10.2 Å². The van der Waals surface area contributed by atoms with E-state index in [2.05, 4.69) is 10.2 Å². The molecule has 0 saturated heterocycles. The van der Waals surface area contributed by atoms with Gasteiger partial charge >= 0.3 is 5.88 Å². The summed E-state index contributed by atoms with van der Waals surface area (Å²) in [6.45, 7) is 0. The van der Waals surface area contributed by atoms with Gasteiger partial charge in [0, 0.05) is 0 Å². The fraction of sp³-hybridized carbons (Fsp3) is 0. The second-order valence-corrected chi connectivity index (χ2v) is 3.15. The molecule has 7 heteroatoms. The van der Waals surface area contributed by atoms with E-state index in [1.807, 2.05) is 0 Å². The standard InChI is InChI=1S/C10H8N4O3/c11-9-5-2-7(12-13-9)1-3-8-4-6-10(17-8)14(15)16/h1-6H,(H2,11,13)/b3-1+. The third-order valence-corrected chi connectivity index (χ3v) is 1.92. The zero-order valence-corrected chi connectivity index (χ0v) is 8.61. The Morgan fingerprint density at radius 3 is 2.65 bits per heavy atom. The monoisotopic (exact) mass is 232 g/mol.